The molecule has 0 saturated carbocycles. The highest BCUT2D eigenvalue weighted by molar-refractivity contribution is 6.02. The van der Waals surface area contributed by atoms with Gasteiger partial charge < -0.3 is 14.6 Å². The van der Waals surface area contributed by atoms with Crippen LogP contribution in [0.25, 0.3) is 11.0 Å². The second-order valence-electron chi connectivity index (χ2n) is 7.15. The quantitative estimate of drug-likeness (QED) is 0.566. The monoisotopic (exact) mass is 397 g/mol. The number of imidazole rings is 1. The lowest BCUT2D eigenvalue weighted by Gasteiger charge is -2.22. The number of fused-ring (bicyclic) bond motifs is 1. The zero-order chi connectivity index (χ0) is 20.1. The van der Waals surface area contributed by atoms with Gasteiger partial charge in [0, 0.05) is 19.8 Å². The summed E-state index contributed by atoms with van der Waals surface area (Å²) in [5, 5.41) is 14.5. The average Bonchev–Trinajstić information content (AvgIpc) is 3.37. The van der Waals surface area contributed by atoms with E-state index in [1.807, 2.05) is 35.8 Å². The third-order valence-corrected chi connectivity index (χ3v) is 5.18. The zero-order valence-corrected chi connectivity index (χ0v) is 16.7. The first-order valence-corrected chi connectivity index (χ1v) is 10.2. The van der Waals surface area contributed by atoms with Crippen LogP contribution in [0.15, 0.2) is 30.5 Å². The van der Waals surface area contributed by atoms with E-state index in [0.717, 1.165) is 43.4 Å². The standard InChI is InChI=1S/C20H27N7O2/c1-2-29-13-5-12-26-18-7-4-3-6-16(18)22-20(26)23-19(28)17-14-27(25-24-17)15-8-10-21-11-9-15/h3-4,6-7,14-15,21H,2,5,8-13H2,1H3,(H,22,23,28). The van der Waals surface area contributed by atoms with Gasteiger partial charge in [-0.15, -0.1) is 5.10 Å². The fourth-order valence-electron chi connectivity index (χ4n) is 3.66. The Bertz CT molecular complexity index is 959. The van der Waals surface area contributed by atoms with Gasteiger partial charge in [0.15, 0.2) is 5.69 Å². The van der Waals surface area contributed by atoms with Gasteiger partial charge in [0.25, 0.3) is 5.91 Å². The van der Waals surface area contributed by atoms with Crippen LogP contribution in [0.4, 0.5) is 5.95 Å². The fraction of sp³-hybridized carbons (Fsp3) is 0.500. The van der Waals surface area contributed by atoms with E-state index >= 15 is 0 Å². The first-order valence-electron chi connectivity index (χ1n) is 10.2. The molecule has 3 aromatic rings. The predicted molar refractivity (Wildman–Crippen MR) is 110 cm³/mol. The average molecular weight is 397 g/mol. The Morgan fingerprint density at radius 3 is 2.97 bits per heavy atom. The van der Waals surface area contributed by atoms with E-state index in [1.54, 1.807) is 10.9 Å². The Hall–Kier alpha value is -2.78. The minimum atomic E-state index is -0.299. The molecule has 4 rings (SSSR count). The third-order valence-electron chi connectivity index (χ3n) is 5.18. The Morgan fingerprint density at radius 1 is 1.31 bits per heavy atom. The lowest BCUT2D eigenvalue weighted by Crippen LogP contribution is -2.29. The summed E-state index contributed by atoms with van der Waals surface area (Å²) in [7, 11) is 0. The molecule has 9 heteroatoms. The normalized spacial score (nSPS) is 15.1. The number of amides is 1. The molecule has 0 spiro atoms. The molecule has 9 nitrogen and oxygen atoms in total. The Labute approximate surface area is 169 Å². The molecule has 2 aromatic heterocycles. The summed E-state index contributed by atoms with van der Waals surface area (Å²) >= 11 is 0. The number of hydrogen-bond donors (Lipinski definition) is 2. The molecule has 0 atom stereocenters. The zero-order valence-electron chi connectivity index (χ0n) is 16.7. The number of carbonyl (C=O) groups is 1. The van der Waals surface area contributed by atoms with Crippen molar-refractivity contribution in [2.24, 2.45) is 0 Å². The van der Waals surface area contributed by atoms with Crippen molar-refractivity contribution in [1.82, 2.24) is 29.9 Å². The number of nitrogens with zero attached hydrogens (tertiary/aromatic N) is 5. The maximum Gasteiger partial charge on any atom is 0.280 e. The minimum absolute atomic E-state index is 0.286. The van der Waals surface area contributed by atoms with Crippen LogP contribution in [0, 0.1) is 0 Å². The first kappa shape index (κ1) is 19.5. The first-order chi connectivity index (χ1) is 14.3. The van der Waals surface area contributed by atoms with Gasteiger partial charge in [-0.2, -0.15) is 0 Å². The summed E-state index contributed by atoms with van der Waals surface area (Å²) < 4.78 is 9.27. The number of ether oxygens (including phenoxy) is 1. The van der Waals surface area contributed by atoms with E-state index in [4.69, 9.17) is 4.74 Å². The Kier molecular flexibility index (Phi) is 6.16. The number of hydrogen-bond acceptors (Lipinski definition) is 6. The highest BCUT2D eigenvalue weighted by Gasteiger charge is 2.20. The van der Waals surface area contributed by atoms with Crippen molar-refractivity contribution in [2.45, 2.75) is 38.8 Å². The van der Waals surface area contributed by atoms with Gasteiger partial charge in [-0.1, -0.05) is 17.3 Å². The van der Waals surface area contributed by atoms with Gasteiger partial charge >= 0.3 is 0 Å². The van der Waals surface area contributed by atoms with Crippen LogP contribution < -0.4 is 10.6 Å². The van der Waals surface area contributed by atoms with Gasteiger partial charge in [-0.25, -0.2) is 9.67 Å². The molecule has 0 radical (unpaired) electrons. The lowest BCUT2D eigenvalue weighted by molar-refractivity contribution is 0.102. The number of nitrogens with one attached hydrogen (secondary N) is 2. The second-order valence-corrected chi connectivity index (χ2v) is 7.15. The molecule has 1 amide bonds. The number of aryl methyl sites for hydroxylation is 1. The fourth-order valence-corrected chi connectivity index (χ4v) is 3.66. The number of aromatic nitrogens is 5. The minimum Gasteiger partial charge on any atom is -0.382 e. The van der Waals surface area contributed by atoms with Crippen molar-refractivity contribution in [3.8, 4) is 0 Å². The molecule has 29 heavy (non-hydrogen) atoms. The topological polar surface area (TPSA) is 98.9 Å². The summed E-state index contributed by atoms with van der Waals surface area (Å²) in [6.07, 6.45) is 4.54. The summed E-state index contributed by atoms with van der Waals surface area (Å²) in [6.45, 7) is 5.96. The number of para-hydroxylation sites is 2. The highest BCUT2D eigenvalue weighted by atomic mass is 16.5. The number of piperidine rings is 1. The molecule has 1 aliphatic rings. The molecule has 1 aromatic carbocycles. The van der Waals surface area contributed by atoms with Crippen molar-refractivity contribution in [2.75, 3.05) is 31.6 Å². The predicted octanol–water partition coefficient (Wildman–Crippen LogP) is 2.23. The number of anilines is 1. The van der Waals surface area contributed by atoms with Crippen LogP contribution in [0.3, 0.4) is 0 Å². The third kappa shape index (κ3) is 4.46. The van der Waals surface area contributed by atoms with Crippen molar-refractivity contribution >= 4 is 22.9 Å². The smallest absolute Gasteiger partial charge is 0.280 e. The van der Waals surface area contributed by atoms with Crippen molar-refractivity contribution < 1.29 is 9.53 Å². The largest absolute Gasteiger partial charge is 0.382 e. The number of carbonyl (C=O) groups excluding carboxylic acids is 1. The Morgan fingerprint density at radius 2 is 2.14 bits per heavy atom. The van der Waals surface area contributed by atoms with Gasteiger partial charge in [0.05, 0.1) is 23.3 Å². The number of rotatable bonds is 8. The van der Waals surface area contributed by atoms with Gasteiger partial charge in [0.2, 0.25) is 5.95 Å². The summed E-state index contributed by atoms with van der Waals surface area (Å²) in [4.78, 5) is 17.4. The van der Waals surface area contributed by atoms with E-state index in [9.17, 15) is 4.79 Å². The van der Waals surface area contributed by atoms with Crippen LogP contribution in [0.2, 0.25) is 0 Å². The molecule has 154 valence electrons. The van der Waals surface area contributed by atoms with E-state index in [1.165, 1.54) is 0 Å². The molecule has 1 fully saturated rings. The van der Waals surface area contributed by atoms with Crippen LogP contribution in [-0.2, 0) is 11.3 Å². The summed E-state index contributed by atoms with van der Waals surface area (Å²) in [6, 6.07) is 8.15. The number of benzene rings is 1. The maximum absolute atomic E-state index is 12.8. The van der Waals surface area contributed by atoms with Gasteiger partial charge in [-0.05, 0) is 51.4 Å². The summed E-state index contributed by atoms with van der Waals surface area (Å²) in [5.74, 6) is 0.218. The van der Waals surface area contributed by atoms with E-state index < -0.39 is 0 Å². The van der Waals surface area contributed by atoms with Crippen molar-refractivity contribution in [3.63, 3.8) is 0 Å². The molecule has 0 unspecified atom stereocenters. The molecule has 2 N–H and O–H groups in total. The van der Waals surface area contributed by atoms with Crippen LogP contribution in [0.5, 0.6) is 0 Å². The van der Waals surface area contributed by atoms with Gasteiger partial charge in [-0.3, -0.25) is 10.1 Å². The molecule has 3 heterocycles. The Balaban J connectivity index is 1.50. The van der Waals surface area contributed by atoms with Crippen LogP contribution >= 0.6 is 0 Å². The molecular weight excluding hydrogens is 370 g/mol. The highest BCUT2D eigenvalue weighted by Crippen LogP contribution is 2.21. The van der Waals surface area contributed by atoms with E-state index in [-0.39, 0.29) is 11.9 Å². The van der Waals surface area contributed by atoms with Gasteiger partial charge in [0.1, 0.15) is 0 Å². The SMILES string of the molecule is CCOCCCn1c(NC(=O)c2cn(C3CCNCC3)nn2)nc2ccccc21. The second kappa shape index (κ2) is 9.15. The molecule has 1 aliphatic heterocycles. The lowest BCUT2D eigenvalue weighted by atomic mass is 10.1. The van der Waals surface area contributed by atoms with E-state index in [0.29, 0.717) is 31.4 Å². The molecule has 1 saturated heterocycles. The van der Waals surface area contributed by atoms with Crippen LogP contribution in [-0.4, -0.2) is 56.8 Å². The maximum atomic E-state index is 12.8. The van der Waals surface area contributed by atoms with Crippen molar-refractivity contribution in [1.29, 1.82) is 0 Å². The van der Waals surface area contributed by atoms with Crippen LogP contribution in [0.1, 0.15) is 42.7 Å². The molecule has 0 bridgehead atoms. The van der Waals surface area contributed by atoms with E-state index in [2.05, 4.69) is 25.9 Å². The summed E-state index contributed by atoms with van der Waals surface area (Å²) in [5.41, 5.74) is 2.13. The van der Waals surface area contributed by atoms with Crippen molar-refractivity contribution in [3.05, 3.63) is 36.2 Å². The molecule has 0 aliphatic carbocycles. The molecular formula is C20H27N7O2.